The molecule has 0 saturated heterocycles. The molecule has 90 valence electrons. The molecule has 1 rings (SSSR count). The van der Waals surface area contributed by atoms with Crippen molar-refractivity contribution in [2.75, 3.05) is 13.2 Å². The van der Waals surface area contributed by atoms with Crippen LogP contribution < -0.4 is 5.32 Å². The zero-order valence-electron chi connectivity index (χ0n) is 9.34. The topological polar surface area (TPSA) is 32.3 Å². The van der Waals surface area contributed by atoms with Gasteiger partial charge in [0.25, 0.3) is 0 Å². The average molecular weight is 290 g/mol. The molecular formula is C12H17BrFNO. The van der Waals surface area contributed by atoms with Gasteiger partial charge in [0, 0.05) is 12.6 Å². The molecule has 1 aromatic rings. The number of hydrogen-bond donors (Lipinski definition) is 2. The van der Waals surface area contributed by atoms with E-state index >= 15 is 0 Å². The highest BCUT2D eigenvalue weighted by atomic mass is 79.9. The molecule has 1 atom stereocenters. The molecule has 0 radical (unpaired) electrons. The van der Waals surface area contributed by atoms with Crippen LogP contribution in [0.15, 0.2) is 22.7 Å². The summed E-state index contributed by atoms with van der Waals surface area (Å²) in [4.78, 5) is 0. The molecule has 0 spiro atoms. The van der Waals surface area contributed by atoms with E-state index in [0.29, 0.717) is 4.47 Å². The molecule has 0 aliphatic carbocycles. The fourth-order valence-electron chi connectivity index (χ4n) is 1.52. The standard InChI is InChI=1S/C12H17BrFNO/c1-9(15-5-2-6-16)7-10-3-4-11(13)12(14)8-10/h3-4,8-9,15-16H,2,5-7H2,1H3. The van der Waals surface area contributed by atoms with Gasteiger partial charge in [-0.05, 0) is 59.9 Å². The maximum absolute atomic E-state index is 13.2. The van der Waals surface area contributed by atoms with Gasteiger partial charge in [0.15, 0.2) is 0 Å². The normalized spacial score (nSPS) is 12.8. The van der Waals surface area contributed by atoms with Crippen molar-refractivity contribution in [3.63, 3.8) is 0 Å². The van der Waals surface area contributed by atoms with E-state index in [-0.39, 0.29) is 18.5 Å². The predicted molar refractivity (Wildman–Crippen MR) is 67.0 cm³/mol. The Kier molecular flexibility index (Phi) is 5.95. The molecule has 4 heteroatoms. The van der Waals surface area contributed by atoms with Crippen molar-refractivity contribution in [1.29, 1.82) is 0 Å². The molecule has 0 saturated carbocycles. The maximum Gasteiger partial charge on any atom is 0.137 e. The van der Waals surface area contributed by atoms with Crippen molar-refractivity contribution < 1.29 is 9.50 Å². The molecule has 2 N–H and O–H groups in total. The summed E-state index contributed by atoms with van der Waals surface area (Å²) in [5, 5.41) is 11.9. The number of benzene rings is 1. The predicted octanol–water partition coefficient (Wildman–Crippen LogP) is 2.49. The smallest absolute Gasteiger partial charge is 0.137 e. The zero-order chi connectivity index (χ0) is 12.0. The summed E-state index contributed by atoms with van der Waals surface area (Å²) in [6, 6.07) is 5.48. The molecule has 0 bridgehead atoms. The van der Waals surface area contributed by atoms with Crippen LogP contribution in [-0.4, -0.2) is 24.3 Å². The molecule has 0 amide bonds. The Morgan fingerprint density at radius 2 is 2.25 bits per heavy atom. The SMILES string of the molecule is CC(Cc1ccc(Br)c(F)c1)NCCCO. The van der Waals surface area contributed by atoms with Crippen LogP contribution in [-0.2, 0) is 6.42 Å². The lowest BCUT2D eigenvalue weighted by atomic mass is 10.1. The van der Waals surface area contributed by atoms with Gasteiger partial charge in [-0.3, -0.25) is 0 Å². The van der Waals surface area contributed by atoms with Gasteiger partial charge in [0.2, 0.25) is 0 Å². The van der Waals surface area contributed by atoms with Crippen LogP contribution in [0.1, 0.15) is 18.9 Å². The van der Waals surface area contributed by atoms with E-state index in [1.165, 1.54) is 0 Å². The fourth-order valence-corrected chi connectivity index (χ4v) is 1.77. The number of hydrogen-bond acceptors (Lipinski definition) is 2. The Morgan fingerprint density at radius 3 is 2.88 bits per heavy atom. The van der Waals surface area contributed by atoms with Crippen molar-refractivity contribution in [3.05, 3.63) is 34.1 Å². The van der Waals surface area contributed by atoms with Crippen LogP contribution in [0.25, 0.3) is 0 Å². The number of rotatable bonds is 6. The minimum atomic E-state index is -0.222. The monoisotopic (exact) mass is 289 g/mol. The number of aliphatic hydroxyl groups is 1. The lowest BCUT2D eigenvalue weighted by molar-refractivity contribution is 0.283. The van der Waals surface area contributed by atoms with E-state index in [2.05, 4.69) is 28.2 Å². The van der Waals surface area contributed by atoms with Gasteiger partial charge in [0.1, 0.15) is 5.82 Å². The lowest BCUT2D eigenvalue weighted by Gasteiger charge is -2.13. The van der Waals surface area contributed by atoms with Gasteiger partial charge in [-0.25, -0.2) is 4.39 Å². The fraction of sp³-hybridized carbons (Fsp3) is 0.500. The largest absolute Gasteiger partial charge is 0.396 e. The van der Waals surface area contributed by atoms with E-state index in [0.717, 1.165) is 24.9 Å². The van der Waals surface area contributed by atoms with Crippen LogP contribution >= 0.6 is 15.9 Å². The summed E-state index contributed by atoms with van der Waals surface area (Å²) in [6.45, 7) is 3.04. The summed E-state index contributed by atoms with van der Waals surface area (Å²) in [5.41, 5.74) is 0.977. The Morgan fingerprint density at radius 1 is 1.50 bits per heavy atom. The molecule has 16 heavy (non-hydrogen) atoms. The summed E-state index contributed by atoms with van der Waals surface area (Å²) in [5.74, 6) is -0.222. The van der Waals surface area contributed by atoms with E-state index in [1.807, 2.05) is 6.07 Å². The third-order valence-corrected chi connectivity index (χ3v) is 3.00. The average Bonchev–Trinajstić information content (AvgIpc) is 2.24. The number of aliphatic hydroxyl groups excluding tert-OH is 1. The molecule has 0 fully saturated rings. The zero-order valence-corrected chi connectivity index (χ0v) is 10.9. The molecule has 0 heterocycles. The van der Waals surface area contributed by atoms with Gasteiger partial charge in [0.05, 0.1) is 4.47 Å². The Labute approximate surface area is 104 Å². The lowest BCUT2D eigenvalue weighted by Crippen LogP contribution is -2.29. The van der Waals surface area contributed by atoms with Crippen LogP contribution in [0.2, 0.25) is 0 Å². The molecule has 0 aliphatic rings. The van der Waals surface area contributed by atoms with Crippen LogP contribution in [0.5, 0.6) is 0 Å². The summed E-state index contributed by atoms with van der Waals surface area (Å²) in [6.07, 6.45) is 1.54. The maximum atomic E-state index is 13.2. The second-order valence-corrected chi connectivity index (χ2v) is 4.74. The van der Waals surface area contributed by atoms with Crippen LogP contribution in [0.4, 0.5) is 4.39 Å². The first kappa shape index (κ1) is 13.6. The number of halogens is 2. The Bertz CT molecular complexity index is 333. The van der Waals surface area contributed by atoms with Crippen molar-refractivity contribution in [2.45, 2.75) is 25.8 Å². The highest BCUT2D eigenvalue weighted by Crippen LogP contribution is 2.17. The van der Waals surface area contributed by atoms with Crippen LogP contribution in [0.3, 0.4) is 0 Å². The van der Waals surface area contributed by atoms with E-state index < -0.39 is 0 Å². The van der Waals surface area contributed by atoms with E-state index in [9.17, 15) is 4.39 Å². The Balaban J connectivity index is 2.43. The van der Waals surface area contributed by atoms with E-state index in [1.54, 1.807) is 12.1 Å². The minimum Gasteiger partial charge on any atom is -0.396 e. The van der Waals surface area contributed by atoms with Crippen molar-refractivity contribution in [1.82, 2.24) is 5.32 Å². The molecule has 1 aromatic carbocycles. The first-order valence-electron chi connectivity index (χ1n) is 5.41. The van der Waals surface area contributed by atoms with E-state index in [4.69, 9.17) is 5.11 Å². The van der Waals surface area contributed by atoms with Crippen molar-refractivity contribution in [3.8, 4) is 0 Å². The third-order valence-electron chi connectivity index (χ3n) is 2.35. The second kappa shape index (κ2) is 6.99. The van der Waals surface area contributed by atoms with Gasteiger partial charge >= 0.3 is 0 Å². The van der Waals surface area contributed by atoms with Gasteiger partial charge < -0.3 is 10.4 Å². The van der Waals surface area contributed by atoms with Gasteiger partial charge in [-0.1, -0.05) is 6.07 Å². The summed E-state index contributed by atoms with van der Waals surface area (Å²) >= 11 is 3.13. The first-order chi connectivity index (χ1) is 7.63. The van der Waals surface area contributed by atoms with Gasteiger partial charge in [-0.15, -0.1) is 0 Å². The molecule has 0 aliphatic heterocycles. The second-order valence-electron chi connectivity index (χ2n) is 3.88. The van der Waals surface area contributed by atoms with Crippen molar-refractivity contribution >= 4 is 15.9 Å². The highest BCUT2D eigenvalue weighted by Gasteiger charge is 2.05. The van der Waals surface area contributed by atoms with Crippen molar-refractivity contribution in [2.24, 2.45) is 0 Å². The number of nitrogens with one attached hydrogen (secondary N) is 1. The molecule has 1 unspecified atom stereocenters. The molecular weight excluding hydrogens is 273 g/mol. The Hall–Kier alpha value is -0.450. The molecule has 2 nitrogen and oxygen atoms in total. The third kappa shape index (κ3) is 4.60. The quantitative estimate of drug-likeness (QED) is 0.789. The van der Waals surface area contributed by atoms with Gasteiger partial charge in [-0.2, -0.15) is 0 Å². The summed E-state index contributed by atoms with van der Waals surface area (Å²) in [7, 11) is 0. The first-order valence-corrected chi connectivity index (χ1v) is 6.21. The minimum absolute atomic E-state index is 0.201. The van der Waals surface area contributed by atoms with Crippen LogP contribution in [0, 0.1) is 5.82 Å². The highest BCUT2D eigenvalue weighted by molar-refractivity contribution is 9.10. The molecule has 0 aromatic heterocycles. The summed E-state index contributed by atoms with van der Waals surface area (Å²) < 4.78 is 13.7.